The van der Waals surface area contributed by atoms with Crippen molar-refractivity contribution in [3.63, 3.8) is 0 Å². The minimum absolute atomic E-state index is 0.0499. The zero-order valence-corrected chi connectivity index (χ0v) is 7.72. The molecule has 0 aromatic carbocycles. The Labute approximate surface area is 81.1 Å². The van der Waals surface area contributed by atoms with Gasteiger partial charge in [-0.2, -0.15) is 5.26 Å². The van der Waals surface area contributed by atoms with Gasteiger partial charge in [0.25, 0.3) is 0 Å². The average molecular weight is 202 g/mol. The first-order valence-electron chi connectivity index (χ1n) is 4.58. The highest BCUT2D eigenvalue weighted by atomic mass is 19.3. The molecule has 0 spiro atoms. The van der Waals surface area contributed by atoms with Crippen LogP contribution in [0.5, 0.6) is 0 Å². The molecule has 0 aromatic rings. The third kappa shape index (κ3) is 2.95. The van der Waals surface area contributed by atoms with E-state index in [4.69, 9.17) is 5.26 Å². The third-order valence-corrected chi connectivity index (χ3v) is 2.43. The van der Waals surface area contributed by atoms with Crippen LogP contribution in [0.15, 0.2) is 0 Å². The number of hydrogen-bond acceptors (Lipinski definition) is 2. The SMILES string of the molecule is N#CCNC(=O)C1CCC(F)(F)CC1. The van der Waals surface area contributed by atoms with Gasteiger partial charge in [0.2, 0.25) is 11.8 Å². The highest BCUT2D eigenvalue weighted by molar-refractivity contribution is 5.78. The molecular weight excluding hydrogens is 190 g/mol. The van der Waals surface area contributed by atoms with E-state index >= 15 is 0 Å². The summed E-state index contributed by atoms with van der Waals surface area (Å²) in [6.07, 6.45) is -0.0240. The molecule has 1 N–H and O–H groups in total. The lowest BCUT2D eigenvalue weighted by molar-refractivity contribution is -0.128. The molecule has 0 saturated heterocycles. The van der Waals surface area contributed by atoms with Crippen LogP contribution in [0.1, 0.15) is 25.7 Å². The Morgan fingerprint density at radius 1 is 1.50 bits per heavy atom. The summed E-state index contributed by atoms with van der Waals surface area (Å²) in [5, 5.41) is 10.6. The van der Waals surface area contributed by atoms with Crippen molar-refractivity contribution in [3.8, 4) is 6.07 Å². The minimum Gasteiger partial charge on any atom is -0.343 e. The molecule has 3 nitrogen and oxygen atoms in total. The molecule has 1 aliphatic carbocycles. The molecule has 0 aromatic heterocycles. The van der Waals surface area contributed by atoms with Crippen molar-refractivity contribution in [2.24, 2.45) is 5.92 Å². The van der Waals surface area contributed by atoms with Crippen molar-refractivity contribution in [1.82, 2.24) is 5.32 Å². The van der Waals surface area contributed by atoms with Crippen LogP contribution in [0, 0.1) is 17.2 Å². The second-order valence-electron chi connectivity index (χ2n) is 3.51. The van der Waals surface area contributed by atoms with Crippen LogP contribution in [0.2, 0.25) is 0 Å². The van der Waals surface area contributed by atoms with Crippen molar-refractivity contribution in [2.75, 3.05) is 6.54 Å². The van der Waals surface area contributed by atoms with Gasteiger partial charge in [-0.05, 0) is 12.8 Å². The smallest absolute Gasteiger partial charge is 0.248 e. The number of hydrogen-bond donors (Lipinski definition) is 1. The van der Waals surface area contributed by atoms with Gasteiger partial charge in [0.1, 0.15) is 6.54 Å². The monoisotopic (exact) mass is 202 g/mol. The molecule has 14 heavy (non-hydrogen) atoms. The van der Waals surface area contributed by atoms with Crippen LogP contribution in [0.25, 0.3) is 0 Å². The number of nitrogens with one attached hydrogen (secondary N) is 1. The molecule has 1 saturated carbocycles. The van der Waals surface area contributed by atoms with E-state index in [-0.39, 0.29) is 44.1 Å². The summed E-state index contributed by atoms with van der Waals surface area (Å²) >= 11 is 0. The first-order chi connectivity index (χ1) is 6.55. The minimum atomic E-state index is -2.61. The molecule has 1 fully saturated rings. The predicted molar refractivity (Wildman–Crippen MR) is 45.5 cm³/mol. The molecule has 1 amide bonds. The normalized spacial score (nSPS) is 21.2. The summed E-state index contributed by atoms with van der Waals surface area (Å²) in [5.41, 5.74) is 0. The third-order valence-electron chi connectivity index (χ3n) is 2.43. The molecule has 0 radical (unpaired) electrons. The van der Waals surface area contributed by atoms with Crippen LogP contribution in [0.3, 0.4) is 0 Å². The summed E-state index contributed by atoms with van der Waals surface area (Å²) in [7, 11) is 0. The number of carbonyl (C=O) groups is 1. The van der Waals surface area contributed by atoms with Gasteiger partial charge in [0.05, 0.1) is 6.07 Å². The lowest BCUT2D eigenvalue weighted by atomic mass is 9.86. The topological polar surface area (TPSA) is 52.9 Å². The second kappa shape index (κ2) is 4.36. The Kier molecular flexibility index (Phi) is 3.39. The molecule has 0 heterocycles. The Morgan fingerprint density at radius 3 is 2.57 bits per heavy atom. The summed E-state index contributed by atoms with van der Waals surface area (Å²) < 4.78 is 25.4. The maximum absolute atomic E-state index is 12.7. The van der Waals surface area contributed by atoms with E-state index in [1.807, 2.05) is 0 Å². The van der Waals surface area contributed by atoms with E-state index in [9.17, 15) is 13.6 Å². The van der Waals surface area contributed by atoms with E-state index in [1.165, 1.54) is 0 Å². The Balaban J connectivity index is 2.35. The Bertz CT molecular complexity index is 250. The van der Waals surface area contributed by atoms with Crippen LogP contribution < -0.4 is 5.32 Å². The van der Waals surface area contributed by atoms with Gasteiger partial charge < -0.3 is 5.32 Å². The molecule has 0 bridgehead atoms. The Morgan fingerprint density at radius 2 is 2.07 bits per heavy atom. The van der Waals surface area contributed by atoms with Crippen molar-refractivity contribution in [1.29, 1.82) is 5.26 Å². The van der Waals surface area contributed by atoms with Gasteiger partial charge in [0.15, 0.2) is 0 Å². The highest BCUT2D eigenvalue weighted by Gasteiger charge is 2.37. The predicted octanol–water partition coefficient (Wildman–Crippen LogP) is 1.45. The van der Waals surface area contributed by atoms with Gasteiger partial charge in [-0.3, -0.25) is 4.79 Å². The fourth-order valence-corrected chi connectivity index (χ4v) is 1.57. The van der Waals surface area contributed by atoms with E-state index in [0.29, 0.717) is 0 Å². The van der Waals surface area contributed by atoms with Gasteiger partial charge in [0, 0.05) is 18.8 Å². The van der Waals surface area contributed by atoms with E-state index in [0.717, 1.165) is 0 Å². The number of rotatable bonds is 2. The number of halogens is 2. The van der Waals surface area contributed by atoms with E-state index in [1.54, 1.807) is 6.07 Å². The summed E-state index contributed by atoms with van der Waals surface area (Å²) in [4.78, 5) is 11.3. The van der Waals surface area contributed by atoms with E-state index < -0.39 is 5.92 Å². The molecule has 5 heteroatoms. The van der Waals surface area contributed by atoms with Gasteiger partial charge in [-0.15, -0.1) is 0 Å². The zero-order valence-electron chi connectivity index (χ0n) is 7.72. The molecular formula is C9H12F2N2O. The first-order valence-corrected chi connectivity index (χ1v) is 4.58. The van der Waals surface area contributed by atoms with Crippen LogP contribution >= 0.6 is 0 Å². The number of nitriles is 1. The van der Waals surface area contributed by atoms with Gasteiger partial charge >= 0.3 is 0 Å². The summed E-state index contributed by atoms with van der Waals surface area (Å²) in [6, 6.07) is 1.77. The Hall–Kier alpha value is -1.18. The lowest BCUT2D eigenvalue weighted by Crippen LogP contribution is -2.36. The van der Waals surface area contributed by atoms with Crippen molar-refractivity contribution < 1.29 is 13.6 Å². The largest absolute Gasteiger partial charge is 0.343 e. The van der Waals surface area contributed by atoms with Crippen LogP contribution in [-0.4, -0.2) is 18.4 Å². The molecule has 1 aliphatic rings. The highest BCUT2D eigenvalue weighted by Crippen LogP contribution is 2.35. The maximum atomic E-state index is 12.7. The molecule has 1 rings (SSSR count). The maximum Gasteiger partial charge on any atom is 0.248 e. The fraction of sp³-hybridized carbons (Fsp3) is 0.778. The fourth-order valence-electron chi connectivity index (χ4n) is 1.57. The lowest BCUT2D eigenvalue weighted by Gasteiger charge is -2.27. The summed E-state index contributed by atoms with van der Waals surface area (Å²) in [6.45, 7) is -0.0499. The van der Waals surface area contributed by atoms with Crippen LogP contribution in [-0.2, 0) is 4.79 Å². The van der Waals surface area contributed by atoms with Gasteiger partial charge in [-0.1, -0.05) is 0 Å². The zero-order chi connectivity index (χ0) is 10.6. The number of amides is 1. The molecule has 78 valence electrons. The van der Waals surface area contributed by atoms with Crippen molar-refractivity contribution in [3.05, 3.63) is 0 Å². The number of alkyl halides is 2. The number of nitrogens with zero attached hydrogens (tertiary/aromatic N) is 1. The molecule has 0 unspecified atom stereocenters. The summed E-state index contributed by atoms with van der Waals surface area (Å²) in [5.74, 6) is -3.23. The second-order valence-corrected chi connectivity index (χ2v) is 3.51. The number of carbonyl (C=O) groups excluding carboxylic acids is 1. The quantitative estimate of drug-likeness (QED) is 0.689. The van der Waals surface area contributed by atoms with Crippen molar-refractivity contribution >= 4 is 5.91 Å². The van der Waals surface area contributed by atoms with Crippen molar-refractivity contribution in [2.45, 2.75) is 31.6 Å². The van der Waals surface area contributed by atoms with E-state index in [2.05, 4.69) is 5.32 Å². The van der Waals surface area contributed by atoms with Crippen LogP contribution in [0.4, 0.5) is 8.78 Å². The molecule has 0 aliphatic heterocycles. The molecule has 0 atom stereocenters. The van der Waals surface area contributed by atoms with Gasteiger partial charge in [-0.25, -0.2) is 8.78 Å². The standard InChI is InChI=1S/C9H12F2N2O/c10-9(11)3-1-7(2-4-9)8(14)13-6-5-12/h7H,1-4,6H2,(H,13,14). The first kappa shape index (κ1) is 10.9. The average Bonchev–Trinajstić information content (AvgIpc) is 2.14.